The van der Waals surface area contributed by atoms with E-state index in [9.17, 15) is 4.79 Å². The van der Waals surface area contributed by atoms with Crippen molar-refractivity contribution in [3.8, 4) is 16.9 Å². The number of aliphatic hydroxyl groups excluding tert-OH is 1. The largest absolute Gasteiger partial charge is 0.491 e. The molecule has 0 aromatic heterocycles. The maximum absolute atomic E-state index is 11.7. The summed E-state index contributed by atoms with van der Waals surface area (Å²) in [5.41, 5.74) is 6.29. The Labute approximate surface area is 201 Å². The van der Waals surface area contributed by atoms with Crippen LogP contribution in [-0.2, 0) is 16.0 Å². The van der Waals surface area contributed by atoms with Crippen LogP contribution in [0.5, 0.6) is 5.75 Å². The predicted octanol–water partition coefficient (Wildman–Crippen LogP) is 6.50. The molecule has 0 fully saturated rings. The molecule has 0 spiro atoms. The van der Waals surface area contributed by atoms with Crippen molar-refractivity contribution in [1.82, 2.24) is 0 Å². The van der Waals surface area contributed by atoms with E-state index in [2.05, 4.69) is 55.1 Å². The van der Waals surface area contributed by atoms with Gasteiger partial charge in [-0.15, -0.1) is 0 Å². The summed E-state index contributed by atoms with van der Waals surface area (Å²) in [5, 5.41) is 11.6. The summed E-state index contributed by atoms with van der Waals surface area (Å²) in [5.74, 6) is 0.294. The van der Waals surface area contributed by atoms with Crippen molar-refractivity contribution < 1.29 is 19.4 Å². The summed E-state index contributed by atoms with van der Waals surface area (Å²) < 4.78 is 11.0. The van der Waals surface area contributed by atoms with Crippen molar-refractivity contribution in [1.29, 1.82) is 0 Å². The second-order valence-corrected chi connectivity index (χ2v) is 8.81. The number of allylic oxidation sites excluding steroid dienone is 2. The monoisotopic (exact) mass is 456 g/mol. The molecule has 0 atom stereocenters. The first-order valence-electron chi connectivity index (χ1n) is 12.0. The lowest BCUT2D eigenvalue weighted by Gasteiger charge is -2.15. The lowest BCUT2D eigenvalue weighted by atomic mass is 9.91. The Balaban J connectivity index is 1.58. The fourth-order valence-electron chi connectivity index (χ4n) is 4.35. The molecular weight excluding hydrogens is 424 g/mol. The molecule has 176 valence electrons. The molecule has 3 aromatic carbocycles. The van der Waals surface area contributed by atoms with Crippen LogP contribution in [0.25, 0.3) is 27.5 Å². The summed E-state index contributed by atoms with van der Waals surface area (Å²) in [6.07, 6.45) is 7.81. The van der Waals surface area contributed by atoms with Gasteiger partial charge in [0.25, 0.3) is 0 Å². The summed E-state index contributed by atoms with van der Waals surface area (Å²) >= 11 is 0. The molecule has 0 bridgehead atoms. The summed E-state index contributed by atoms with van der Waals surface area (Å²) in [4.78, 5) is 11.7. The quantitative estimate of drug-likeness (QED) is 0.295. The van der Waals surface area contributed by atoms with E-state index in [1.807, 2.05) is 12.1 Å². The Morgan fingerprint density at radius 2 is 1.65 bits per heavy atom. The Kier molecular flexibility index (Phi) is 7.81. The third-order valence-electron chi connectivity index (χ3n) is 6.20. The molecule has 3 aromatic rings. The van der Waals surface area contributed by atoms with E-state index in [0.29, 0.717) is 17.7 Å². The fraction of sp³-hybridized carbons (Fsp3) is 0.300. The van der Waals surface area contributed by atoms with Gasteiger partial charge in [-0.1, -0.05) is 43.0 Å². The number of rotatable bonds is 9. The standard InChI is InChI=1S/C30H32O4/c1-21(2)30(32)34-16-14-28-20-27(12-13-29(28)33-17-15-31)26-11-10-24-18-23(8-9-25(24)19-26)22-6-4-3-5-7-22/h6,8-13,18-20,31H,1,3-5,7,14-17H2,2H3. The van der Waals surface area contributed by atoms with E-state index in [4.69, 9.17) is 14.6 Å². The van der Waals surface area contributed by atoms with Crippen molar-refractivity contribution in [3.63, 3.8) is 0 Å². The van der Waals surface area contributed by atoms with Crippen molar-refractivity contribution >= 4 is 22.3 Å². The first-order chi connectivity index (χ1) is 16.5. The van der Waals surface area contributed by atoms with Gasteiger partial charge in [-0.25, -0.2) is 4.79 Å². The summed E-state index contributed by atoms with van der Waals surface area (Å²) in [7, 11) is 0. The first kappa shape index (κ1) is 23.8. The Morgan fingerprint density at radius 1 is 0.941 bits per heavy atom. The van der Waals surface area contributed by atoms with Crippen LogP contribution in [0.2, 0.25) is 0 Å². The smallest absolute Gasteiger partial charge is 0.333 e. The molecule has 0 heterocycles. The van der Waals surface area contributed by atoms with Crippen molar-refractivity contribution in [2.24, 2.45) is 0 Å². The molecule has 0 radical (unpaired) electrons. The second-order valence-electron chi connectivity index (χ2n) is 8.81. The number of ether oxygens (including phenoxy) is 2. The molecule has 4 rings (SSSR count). The molecule has 4 heteroatoms. The van der Waals surface area contributed by atoms with Gasteiger partial charge in [0.1, 0.15) is 12.4 Å². The van der Waals surface area contributed by atoms with Gasteiger partial charge < -0.3 is 14.6 Å². The number of hydrogen-bond acceptors (Lipinski definition) is 4. The van der Waals surface area contributed by atoms with E-state index in [1.54, 1.807) is 6.92 Å². The van der Waals surface area contributed by atoms with E-state index in [1.165, 1.54) is 47.6 Å². The molecule has 0 amide bonds. The summed E-state index contributed by atoms with van der Waals surface area (Å²) in [6, 6.07) is 19.3. The van der Waals surface area contributed by atoms with Gasteiger partial charge in [-0.05, 0) is 95.5 Å². The van der Waals surface area contributed by atoms with Crippen LogP contribution in [0.1, 0.15) is 43.7 Å². The highest BCUT2D eigenvalue weighted by atomic mass is 16.5. The van der Waals surface area contributed by atoms with Gasteiger partial charge in [-0.3, -0.25) is 0 Å². The molecule has 0 saturated carbocycles. The highest BCUT2D eigenvalue weighted by molar-refractivity contribution is 5.90. The van der Waals surface area contributed by atoms with Gasteiger partial charge in [0, 0.05) is 12.0 Å². The average Bonchev–Trinajstić information content (AvgIpc) is 2.87. The molecule has 0 saturated heterocycles. The van der Waals surface area contributed by atoms with E-state index >= 15 is 0 Å². The fourth-order valence-corrected chi connectivity index (χ4v) is 4.35. The first-order valence-corrected chi connectivity index (χ1v) is 12.0. The molecule has 1 aliphatic rings. The van der Waals surface area contributed by atoms with E-state index in [0.717, 1.165) is 16.7 Å². The third kappa shape index (κ3) is 5.75. The van der Waals surface area contributed by atoms with Crippen molar-refractivity contribution in [2.75, 3.05) is 19.8 Å². The average molecular weight is 457 g/mol. The van der Waals surface area contributed by atoms with Gasteiger partial charge in [0.15, 0.2) is 0 Å². The number of fused-ring (bicyclic) bond motifs is 1. The van der Waals surface area contributed by atoms with Crippen LogP contribution >= 0.6 is 0 Å². The maximum Gasteiger partial charge on any atom is 0.333 e. The molecule has 0 unspecified atom stereocenters. The van der Waals surface area contributed by atoms with Crippen LogP contribution in [0.4, 0.5) is 0 Å². The lowest BCUT2D eigenvalue weighted by Crippen LogP contribution is -2.10. The third-order valence-corrected chi connectivity index (χ3v) is 6.20. The molecule has 34 heavy (non-hydrogen) atoms. The van der Waals surface area contributed by atoms with Crippen molar-refractivity contribution in [3.05, 3.63) is 84.0 Å². The van der Waals surface area contributed by atoms with Crippen LogP contribution in [0, 0.1) is 0 Å². The Hall–Kier alpha value is -3.37. The molecule has 1 N–H and O–H groups in total. The number of aliphatic hydroxyl groups is 1. The van der Waals surface area contributed by atoms with Crippen LogP contribution in [0.3, 0.4) is 0 Å². The topological polar surface area (TPSA) is 55.8 Å². The van der Waals surface area contributed by atoms with Gasteiger partial charge in [0.2, 0.25) is 0 Å². The maximum atomic E-state index is 11.7. The van der Waals surface area contributed by atoms with Gasteiger partial charge >= 0.3 is 5.97 Å². The minimum absolute atomic E-state index is 0.0601. The zero-order valence-electron chi connectivity index (χ0n) is 19.8. The zero-order valence-corrected chi connectivity index (χ0v) is 19.8. The minimum Gasteiger partial charge on any atom is -0.491 e. The highest BCUT2D eigenvalue weighted by Crippen LogP contribution is 2.32. The number of carbonyl (C=O) groups excluding carboxylic acids is 1. The van der Waals surface area contributed by atoms with Crippen LogP contribution in [0.15, 0.2) is 72.8 Å². The van der Waals surface area contributed by atoms with Crippen LogP contribution < -0.4 is 4.74 Å². The van der Waals surface area contributed by atoms with E-state index in [-0.39, 0.29) is 19.8 Å². The molecule has 0 aliphatic heterocycles. The Bertz CT molecular complexity index is 1220. The number of benzene rings is 3. The van der Waals surface area contributed by atoms with Crippen LogP contribution in [-0.4, -0.2) is 30.9 Å². The lowest BCUT2D eigenvalue weighted by molar-refractivity contribution is -0.138. The number of hydrogen-bond donors (Lipinski definition) is 1. The second kappa shape index (κ2) is 11.2. The molecule has 1 aliphatic carbocycles. The van der Waals surface area contributed by atoms with E-state index < -0.39 is 5.97 Å². The Morgan fingerprint density at radius 3 is 2.35 bits per heavy atom. The number of carbonyl (C=O) groups is 1. The molecular formula is C30H32O4. The minimum atomic E-state index is -0.396. The number of esters is 1. The highest BCUT2D eigenvalue weighted by Gasteiger charge is 2.11. The normalized spacial score (nSPS) is 13.4. The zero-order chi connectivity index (χ0) is 23.9. The van der Waals surface area contributed by atoms with Gasteiger partial charge in [0.05, 0.1) is 13.2 Å². The van der Waals surface area contributed by atoms with Crippen molar-refractivity contribution in [2.45, 2.75) is 39.0 Å². The SMILES string of the molecule is C=C(C)C(=O)OCCc1cc(-c2ccc3cc(C4=CCCCC4)ccc3c2)ccc1OCCO. The summed E-state index contributed by atoms with van der Waals surface area (Å²) in [6.45, 7) is 5.64. The predicted molar refractivity (Wildman–Crippen MR) is 138 cm³/mol. The molecule has 4 nitrogen and oxygen atoms in total. The van der Waals surface area contributed by atoms with Gasteiger partial charge in [-0.2, -0.15) is 0 Å².